The third-order valence-corrected chi connectivity index (χ3v) is 9.60. The van der Waals surface area contributed by atoms with Crippen LogP contribution < -0.4 is 4.74 Å². The maximum atomic E-state index is 13.2. The Kier molecular flexibility index (Phi) is 4.39. The molecule has 184 valence electrons. The molecule has 1 aromatic carbocycles. The monoisotopic (exact) mass is 476 g/mol. The number of phenolic OH excluding ortho intramolecular Hbond substituents is 1. The predicted octanol–water partition coefficient (Wildman–Crippen LogP) is 3.09. The van der Waals surface area contributed by atoms with E-state index >= 15 is 0 Å². The van der Waals surface area contributed by atoms with E-state index in [2.05, 4.69) is 11.8 Å². The number of carbonyl (C=O) groups excluding carboxylic acids is 1. The van der Waals surface area contributed by atoms with Crippen LogP contribution in [0, 0.1) is 5.92 Å². The van der Waals surface area contributed by atoms with Crippen molar-refractivity contribution >= 4 is 12.0 Å². The Labute approximate surface area is 205 Å². The number of aliphatic hydroxyl groups is 1. The van der Waals surface area contributed by atoms with Gasteiger partial charge < -0.3 is 24.3 Å². The van der Waals surface area contributed by atoms with E-state index in [0.717, 1.165) is 42.0 Å². The quantitative estimate of drug-likeness (QED) is 0.598. The molecule has 1 unspecified atom stereocenters. The van der Waals surface area contributed by atoms with E-state index < -0.39 is 17.1 Å². The van der Waals surface area contributed by atoms with Gasteiger partial charge >= 0.3 is 0 Å². The second-order valence-electron chi connectivity index (χ2n) is 11.2. The van der Waals surface area contributed by atoms with Gasteiger partial charge in [0.1, 0.15) is 11.7 Å². The summed E-state index contributed by atoms with van der Waals surface area (Å²) in [4.78, 5) is 17.4. The minimum atomic E-state index is -0.886. The van der Waals surface area contributed by atoms with Crippen molar-refractivity contribution in [1.82, 2.24) is 9.80 Å². The minimum Gasteiger partial charge on any atom is -0.504 e. The number of furan rings is 1. The molecular weight excluding hydrogens is 444 g/mol. The summed E-state index contributed by atoms with van der Waals surface area (Å²) in [7, 11) is 1.81. The van der Waals surface area contributed by atoms with Gasteiger partial charge in [-0.2, -0.15) is 0 Å². The van der Waals surface area contributed by atoms with Gasteiger partial charge in [-0.15, -0.1) is 0 Å². The van der Waals surface area contributed by atoms with Gasteiger partial charge in [-0.1, -0.05) is 13.0 Å². The summed E-state index contributed by atoms with van der Waals surface area (Å²) < 4.78 is 11.7. The molecule has 7 rings (SSSR count). The molecule has 35 heavy (non-hydrogen) atoms. The van der Waals surface area contributed by atoms with Crippen molar-refractivity contribution in [2.45, 2.75) is 74.3 Å². The highest BCUT2D eigenvalue weighted by Crippen LogP contribution is 2.73. The van der Waals surface area contributed by atoms with Crippen molar-refractivity contribution < 1.29 is 24.2 Å². The minimum absolute atomic E-state index is 0.0652. The number of ether oxygens (including phenoxy) is 1. The van der Waals surface area contributed by atoms with Crippen LogP contribution in [0.15, 0.2) is 41.2 Å². The fraction of sp³-hybridized carbons (Fsp3) is 0.536. The van der Waals surface area contributed by atoms with Gasteiger partial charge in [-0.05, 0) is 61.8 Å². The van der Waals surface area contributed by atoms with E-state index in [1.165, 1.54) is 12.8 Å². The maximum absolute atomic E-state index is 13.2. The summed E-state index contributed by atoms with van der Waals surface area (Å²) in [5.74, 6) is 1.26. The number of likely N-dealkylation sites (N-methyl/N-ethyl adjacent to an activating group) is 1. The van der Waals surface area contributed by atoms with E-state index in [0.29, 0.717) is 12.2 Å². The second kappa shape index (κ2) is 7.14. The molecule has 2 aliphatic heterocycles. The number of carbonyl (C=O) groups is 1. The van der Waals surface area contributed by atoms with Crippen molar-refractivity contribution in [2.75, 3.05) is 13.6 Å². The number of phenols is 1. The Balaban J connectivity index is 1.25. The first-order valence-corrected chi connectivity index (χ1v) is 12.9. The molecule has 0 bridgehead atoms. The Hall–Kier alpha value is -2.77. The predicted molar refractivity (Wildman–Crippen MR) is 129 cm³/mol. The number of hydrogen-bond donors (Lipinski definition) is 2. The summed E-state index contributed by atoms with van der Waals surface area (Å²) >= 11 is 0. The number of amides is 1. The van der Waals surface area contributed by atoms with Crippen molar-refractivity contribution in [2.24, 2.45) is 5.92 Å². The molecule has 1 spiro atoms. The number of hydrogen-bond acceptors (Lipinski definition) is 6. The van der Waals surface area contributed by atoms with Crippen molar-refractivity contribution in [3.63, 3.8) is 0 Å². The first-order valence-electron chi connectivity index (χ1n) is 12.9. The third kappa shape index (κ3) is 2.60. The van der Waals surface area contributed by atoms with Gasteiger partial charge in [-0.3, -0.25) is 9.69 Å². The third-order valence-electron chi connectivity index (χ3n) is 9.60. The summed E-state index contributed by atoms with van der Waals surface area (Å²) in [5.41, 5.74) is 1.49. The molecule has 7 nitrogen and oxygen atoms in total. The van der Waals surface area contributed by atoms with Crippen LogP contribution in [0.2, 0.25) is 0 Å². The van der Waals surface area contributed by atoms with Gasteiger partial charge in [-0.25, -0.2) is 0 Å². The molecule has 6 atom stereocenters. The van der Waals surface area contributed by atoms with Crippen LogP contribution in [0.4, 0.5) is 0 Å². The highest BCUT2D eigenvalue weighted by molar-refractivity contribution is 5.91. The van der Waals surface area contributed by atoms with Gasteiger partial charge in [0.15, 0.2) is 11.5 Å². The molecule has 5 aliphatic rings. The summed E-state index contributed by atoms with van der Waals surface area (Å²) in [5, 5.41) is 23.1. The number of piperidine rings is 1. The molecule has 3 aliphatic carbocycles. The number of nitrogens with zero attached hydrogens (tertiary/aromatic N) is 2. The first kappa shape index (κ1) is 21.5. The number of aromatic hydroxyl groups is 1. The Morgan fingerprint density at radius 2 is 2.14 bits per heavy atom. The van der Waals surface area contributed by atoms with Crippen LogP contribution in [-0.4, -0.2) is 69.3 Å². The van der Waals surface area contributed by atoms with Crippen molar-refractivity contribution in [1.29, 1.82) is 0 Å². The van der Waals surface area contributed by atoms with Gasteiger partial charge in [0.25, 0.3) is 0 Å². The molecule has 1 saturated heterocycles. The first-order chi connectivity index (χ1) is 16.9. The van der Waals surface area contributed by atoms with E-state index in [-0.39, 0.29) is 29.8 Å². The molecule has 3 fully saturated rings. The van der Waals surface area contributed by atoms with Gasteiger partial charge in [0.2, 0.25) is 5.91 Å². The molecule has 7 heteroatoms. The largest absolute Gasteiger partial charge is 0.504 e. The van der Waals surface area contributed by atoms with Crippen molar-refractivity contribution in [3.05, 3.63) is 53.5 Å². The number of rotatable bonds is 7. The lowest BCUT2D eigenvalue weighted by Crippen LogP contribution is -2.94. The fourth-order valence-electron chi connectivity index (χ4n) is 7.73. The van der Waals surface area contributed by atoms with Crippen LogP contribution in [-0.2, 0) is 16.6 Å². The van der Waals surface area contributed by atoms with Crippen LogP contribution in [0.3, 0.4) is 0 Å². The maximum Gasteiger partial charge on any atom is 0.246 e. The average molecular weight is 477 g/mol. The van der Waals surface area contributed by atoms with Crippen LogP contribution in [0.5, 0.6) is 11.5 Å². The highest BCUT2D eigenvalue weighted by atomic mass is 16.5. The fourth-order valence-corrected chi connectivity index (χ4v) is 7.73. The summed E-state index contributed by atoms with van der Waals surface area (Å²) in [6, 6.07) is 5.47. The molecule has 3 heterocycles. The second-order valence-corrected chi connectivity index (χ2v) is 11.2. The van der Waals surface area contributed by atoms with Gasteiger partial charge in [0.05, 0.1) is 24.0 Å². The van der Waals surface area contributed by atoms with E-state index in [1.54, 1.807) is 48.8 Å². The molecule has 1 aromatic heterocycles. The van der Waals surface area contributed by atoms with Crippen LogP contribution in [0.25, 0.3) is 6.08 Å². The lowest BCUT2D eigenvalue weighted by Gasteiger charge is -2.78. The summed E-state index contributed by atoms with van der Waals surface area (Å²) in [6.07, 6.45) is 10.9. The molecule has 1 amide bonds. The zero-order chi connectivity index (χ0) is 24.1. The molecule has 2 saturated carbocycles. The average Bonchev–Trinajstić information content (AvgIpc) is 3.36. The van der Waals surface area contributed by atoms with Crippen LogP contribution in [0.1, 0.15) is 49.3 Å². The Morgan fingerprint density at radius 3 is 2.86 bits per heavy atom. The standard InChI is InChI=1S/C28H32N2O5/c1-3-19(29(2)23(32)9-6-17-10-11-34-15-17)26-27-13-22-28(27,33)21(30(22)14-16-4-5-16)12-18-7-8-20(31)25(35-26)24(18)27/h6-11,15-16,19,21-22,26,31,33H,3-5,12-14H2,1-2H3/b9-6+/t19-,21-,22?,26+,27+,28+/m1/s1. The van der Waals surface area contributed by atoms with E-state index in [1.807, 2.05) is 6.07 Å². The Bertz CT molecular complexity index is 1220. The normalized spacial score (nSPS) is 35.0. The molecule has 2 N–H and O–H groups in total. The molecule has 2 aromatic rings. The zero-order valence-electron chi connectivity index (χ0n) is 20.2. The van der Waals surface area contributed by atoms with E-state index in [4.69, 9.17) is 9.15 Å². The number of benzene rings is 1. The summed E-state index contributed by atoms with van der Waals surface area (Å²) in [6.45, 7) is 3.12. The lowest BCUT2D eigenvalue weighted by atomic mass is 9.38. The van der Waals surface area contributed by atoms with E-state index in [9.17, 15) is 15.0 Å². The SMILES string of the molecule is CC[C@H]([C@@H]1Oc2c(O)ccc3c2[C@@]12CC1N(CC4CC4)[C@H](C3)[C@]12O)N(C)C(=O)/C=C/c1ccoc1. The molecule has 0 radical (unpaired) electrons. The topological polar surface area (TPSA) is 86.4 Å². The zero-order valence-corrected chi connectivity index (χ0v) is 20.2. The highest BCUT2D eigenvalue weighted by Gasteiger charge is 2.85. The number of likely N-dealkylation sites (tertiary alicyclic amines) is 1. The Morgan fingerprint density at radius 1 is 1.31 bits per heavy atom. The lowest BCUT2D eigenvalue weighted by molar-refractivity contribution is -0.327. The van der Waals surface area contributed by atoms with Gasteiger partial charge in [0, 0.05) is 42.9 Å². The van der Waals surface area contributed by atoms with Crippen molar-refractivity contribution in [3.8, 4) is 11.5 Å². The smallest absolute Gasteiger partial charge is 0.246 e. The molecular formula is C28H32N2O5. The van der Waals surface area contributed by atoms with Crippen LogP contribution >= 0.6 is 0 Å².